The molecule has 0 radical (unpaired) electrons. The van der Waals surface area contributed by atoms with Crippen molar-refractivity contribution in [1.29, 1.82) is 0 Å². The molecule has 2 saturated heterocycles. The Bertz CT molecular complexity index is 913. The van der Waals surface area contributed by atoms with Crippen LogP contribution in [0.25, 0.3) is 10.9 Å². The summed E-state index contributed by atoms with van der Waals surface area (Å²) in [6.07, 6.45) is 7.46. The molecule has 4 heterocycles. The van der Waals surface area contributed by atoms with Crippen LogP contribution >= 0.6 is 0 Å². The highest BCUT2D eigenvalue weighted by molar-refractivity contribution is 5.82. The molecular formula is C19H23N7. The number of aromatic amines is 1. The van der Waals surface area contributed by atoms with Gasteiger partial charge in [0.05, 0.1) is 11.7 Å². The van der Waals surface area contributed by atoms with Gasteiger partial charge in [0, 0.05) is 42.3 Å². The van der Waals surface area contributed by atoms with Crippen LogP contribution in [0.1, 0.15) is 19.3 Å². The summed E-state index contributed by atoms with van der Waals surface area (Å²) >= 11 is 0. The average Bonchev–Trinajstić information content (AvgIpc) is 3.30. The smallest absolute Gasteiger partial charge is 0.227 e. The van der Waals surface area contributed by atoms with Crippen LogP contribution in [0.5, 0.6) is 0 Å². The van der Waals surface area contributed by atoms with Gasteiger partial charge in [-0.1, -0.05) is 0 Å². The largest absolute Gasteiger partial charge is 0.340 e. The Morgan fingerprint density at radius 3 is 3.12 bits per heavy atom. The summed E-state index contributed by atoms with van der Waals surface area (Å²) in [5, 5.41) is 15.1. The van der Waals surface area contributed by atoms with Crippen LogP contribution in [0, 0.1) is 5.41 Å². The molecule has 7 nitrogen and oxygen atoms in total. The Morgan fingerprint density at radius 2 is 2.19 bits per heavy atom. The second-order valence-electron chi connectivity index (χ2n) is 7.49. The van der Waals surface area contributed by atoms with E-state index < -0.39 is 0 Å². The lowest BCUT2D eigenvalue weighted by atomic mass is 9.80. The molecule has 3 aromatic rings. The molecule has 1 aromatic carbocycles. The van der Waals surface area contributed by atoms with Gasteiger partial charge in [-0.05, 0) is 50.1 Å². The minimum atomic E-state index is 0.400. The second kappa shape index (κ2) is 6.25. The molecule has 134 valence electrons. The number of aromatic nitrogens is 4. The number of benzene rings is 1. The maximum Gasteiger partial charge on any atom is 0.227 e. The maximum atomic E-state index is 4.76. The predicted molar refractivity (Wildman–Crippen MR) is 103 cm³/mol. The molecule has 2 fully saturated rings. The highest BCUT2D eigenvalue weighted by atomic mass is 15.3. The SMILES string of the molecule is c1cc(Nc2ccc3[nH]ncc3c2)nc(N2CCC3(CCCNC3)C2)n1. The Balaban J connectivity index is 1.34. The molecule has 0 bridgehead atoms. The molecular weight excluding hydrogens is 326 g/mol. The van der Waals surface area contributed by atoms with Crippen LogP contribution in [-0.4, -0.2) is 46.3 Å². The van der Waals surface area contributed by atoms with Gasteiger partial charge in [0.2, 0.25) is 5.95 Å². The van der Waals surface area contributed by atoms with Crippen molar-refractivity contribution in [3.8, 4) is 0 Å². The summed E-state index contributed by atoms with van der Waals surface area (Å²) in [4.78, 5) is 11.6. The van der Waals surface area contributed by atoms with Gasteiger partial charge in [0.15, 0.2) is 0 Å². The van der Waals surface area contributed by atoms with E-state index in [1.807, 2.05) is 30.6 Å². The predicted octanol–water partition coefficient (Wildman–Crippen LogP) is 2.68. The van der Waals surface area contributed by atoms with Gasteiger partial charge in [0.1, 0.15) is 5.82 Å². The Hall–Kier alpha value is -2.67. The maximum absolute atomic E-state index is 4.76. The molecule has 26 heavy (non-hydrogen) atoms. The highest BCUT2D eigenvalue weighted by Gasteiger charge is 2.39. The molecule has 2 aromatic heterocycles. The number of nitrogens with zero attached hydrogens (tertiary/aromatic N) is 4. The molecule has 3 N–H and O–H groups in total. The van der Waals surface area contributed by atoms with E-state index in [1.165, 1.54) is 19.3 Å². The number of piperidine rings is 1. The van der Waals surface area contributed by atoms with Crippen LogP contribution in [0.15, 0.2) is 36.7 Å². The van der Waals surface area contributed by atoms with Crippen molar-refractivity contribution in [2.24, 2.45) is 5.41 Å². The zero-order valence-corrected chi connectivity index (χ0v) is 14.7. The normalized spacial score (nSPS) is 23.0. The summed E-state index contributed by atoms with van der Waals surface area (Å²) < 4.78 is 0. The van der Waals surface area contributed by atoms with Gasteiger partial charge in [-0.2, -0.15) is 10.1 Å². The van der Waals surface area contributed by atoms with Crippen LogP contribution in [0.3, 0.4) is 0 Å². The Kier molecular flexibility index (Phi) is 3.74. The number of fused-ring (bicyclic) bond motifs is 1. The van der Waals surface area contributed by atoms with E-state index in [9.17, 15) is 0 Å². The van der Waals surface area contributed by atoms with Crippen molar-refractivity contribution in [2.75, 3.05) is 36.4 Å². The minimum Gasteiger partial charge on any atom is -0.340 e. The van der Waals surface area contributed by atoms with Crippen molar-refractivity contribution in [2.45, 2.75) is 19.3 Å². The molecule has 7 heteroatoms. The lowest BCUT2D eigenvalue weighted by Crippen LogP contribution is -2.42. The lowest BCUT2D eigenvalue weighted by Gasteiger charge is -2.33. The summed E-state index contributed by atoms with van der Waals surface area (Å²) in [6.45, 7) is 4.35. The van der Waals surface area contributed by atoms with Gasteiger partial charge >= 0.3 is 0 Å². The van der Waals surface area contributed by atoms with Crippen LogP contribution in [0.2, 0.25) is 0 Å². The molecule has 1 spiro atoms. The standard InChI is InChI=1S/C19H23N7/c1-5-19(12-20-7-1)6-9-26(13-19)18-21-8-4-17(24-18)23-15-2-3-16-14(10-15)11-22-25-16/h2-4,8,10-11,20H,1,5-7,9,12-13H2,(H,22,25)(H,21,23,24). The third-order valence-corrected chi connectivity index (χ3v) is 5.64. The van der Waals surface area contributed by atoms with Gasteiger partial charge in [-0.25, -0.2) is 4.98 Å². The number of hydrogen-bond acceptors (Lipinski definition) is 6. The van der Waals surface area contributed by atoms with E-state index in [1.54, 1.807) is 0 Å². The minimum absolute atomic E-state index is 0.400. The van der Waals surface area contributed by atoms with E-state index in [4.69, 9.17) is 4.98 Å². The first-order valence-electron chi connectivity index (χ1n) is 9.29. The van der Waals surface area contributed by atoms with Gasteiger partial charge in [-0.3, -0.25) is 5.10 Å². The van der Waals surface area contributed by atoms with Crippen molar-refractivity contribution in [3.63, 3.8) is 0 Å². The molecule has 0 amide bonds. The third-order valence-electron chi connectivity index (χ3n) is 5.64. The molecule has 2 aliphatic heterocycles. The number of nitrogens with one attached hydrogen (secondary N) is 3. The van der Waals surface area contributed by atoms with Gasteiger partial charge < -0.3 is 15.5 Å². The first kappa shape index (κ1) is 15.6. The number of hydrogen-bond donors (Lipinski definition) is 3. The fourth-order valence-corrected chi connectivity index (χ4v) is 4.22. The first-order chi connectivity index (χ1) is 12.8. The number of rotatable bonds is 3. The second-order valence-corrected chi connectivity index (χ2v) is 7.49. The van der Waals surface area contributed by atoms with Gasteiger partial charge in [-0.15, -0.1) is 0 Å². The summed E-state index contributed by atoms with van der Waals surface area (Å²) in [5.41, 5.74) is 2.43. The Morgan fingerprint density at radius 1 is 1.19 bits per heavy atom. The fraction of sp³-hybridized carbons (Fsp3) is 0.421. The molecule has 5 rings (SSSR count). The number of H-pyrrole nitrogens is 1. The Labute approximate surface area is 152 Å². The number of anilines is 3. The average molecular weight is 349 g/mol. The van der Waals surface area contributed by atoms with Gasteiger partial charge in [0.25, 0.3) is 0 Å². The summed E-state index contributed by atoms with van der Waals surface area (Å²) in [5.74, 6) is 1.64. The van der Waals surface area contributed by atoms with E-state index in [2.05, 4.69) is 36.8 Å². The monoisotopic (exact) mass is 349 g/mol. The highest BCUT2D eigenvalue weighted by Crippen LogP contribution is 2.37. The third kappa shape index (κ3) is 2.88. The zero-order chi connectivity index (χ0) is 17.4. The van der Waals surface area contributed by atoms with Crippen molar-refractivity contribution in [1.82, 2.24) is 25.5 Å². The fourth-order valence-electron chi connectivity index (χ4n) is 4.22. The van der Waals surface area contributed by atoms with E-state index >= 15 is 0 Å². The van der Waals surface area contributed by atoms with E-state index in [0.29, 0.717) is 5.41 Å². The van der Waals surface area contributed by atoms with E-state index in [-0.39, 0.29) is 0 Å². The molecule has 1 atom stereocenters. The van der Waals surface area contributed by atoms with Crippen LogP contribution in [-0.2, 0) is 0 Å². The topological polar surface area (TPSA) is 81.8 Å². The summed E-state index contributed by atoms with van der Waals surface area (Å²) in [6, 6.07) is 8.03. The van der Waals surface area contributed by atoms with Crippen molar-refractivity contribution >= 4 is 28.4 Å². The zero-order valence-electron chi connectivity index (χ0n) is 14.7. The quantitative estimate of drug-likeness (QED) is 0.674. The first-order valence-corrected chi connectivity index (χ1v) is 9.29. The molecule has 0 aliphatic carbocycles. The molecule has 2 aliphatic rings. The van der Waals surface area contributed by atoms with Crippen molar-refractivity contribution in [3.05, 3.63) is 36.7 Å². The molecule has 0 saturated carbocycles. The van der Waals surface area contributed by atoms with E-state index in [0.717, 1.165) is 54.5 Å². The summed E-state index contributed by atoms with van der Waals surface area (Å²) in [7, 11) is 0. The van der Waals surface area contributed by atoms with Crippen LogP contribution in [0.4, 0.5) is 17.5 Å². The van der Waals surface area contributed by atoms with Crippen LogP contribution < -0.4 is 15.5 Å². The molecule has 1 unspecified atom stereocenters. The lowest BCUT2D eigenvalue weighted by molar-refractivity contribution is 0.239. The van der Waals surface area contributed by atoms with Crippen molar-refractivity contribution < 1.29 is 0 Å².